The monoisotopic (exact) mass is 331 g/mol. The molecule has 7 heteroatoms. The SMILES string of the molecule is O=C(Nc1cccc(OC(F)F)c1)c1ccc(Br)o1. The Balaban J connectivity index is 2.08. The number of hydrogen-bond acceptors (Lipinski definition) is 3. The van der Waals surface area contributed by atoms with Crippen LogP contribution >= 0.6 is 15.9 Å². The Morgan fingerprint density at radius 2 is 2.11 bits per heavy atom. The molecule has 0 spiro atoms. The first-order valence-electron chi connectivity index (χ1n) is 5.16. The molecule has 0 unspecified atom stereocenters. The van der Waals surface area contributed by atoms with Gasteiger partial charge in [-0.2, -0.15) is 8.78 Å². The number of ether oxygens (including phenoxy) is 1. The van der Waals surface area contributed by atoms with E-state index in [1.807, 2.05) is 0 Å². The molecule has 2 aromatic rings. The third-order valence-corrected chi connectivity index (χ3v) is 2.54. The molecule has 2 rings (SSSR count). The van der Waals surface area contributed by atoms with Gasteiger partial charge in [0.1, 0.15) is 5.75 Å². The van der Waals surface area contributed by atoms with E-state index < -0.39 is 12.5 Å². The number of rotatable bonds is 4. The minimum Gasteiger partial charge on any atom is -0.444 e. The molecule has 0 saturated carbocycles. The summed E-state index contributed by atoms with van der Waals surface area (Å²) in [6.07, 6.45) is 0. The van der Waals surface area contributed by atoms with Crippen LogP contribution in [0.4, 0.5) is 14.5 Å². The first-order valence-corrected chi connectivity index (χ1v) is 5.95. The van der Waals surface area contributed by atoms with Gasteiger partial charge in [-0.25, -0.2) is 0 Å². The molecule has 100 valence electrons. The van der Waals surface area contributed by atoms with Crippen LogP contribution in [0.5, 0.6) is 5.75 Å². The highest BCUT2D eigenvalue weighted by molar-refractivity contribution is 9.10. The van der Waals surface area contributed by atoms with E-state index in [1.54, 1.807) is 12.1 Å². The molecule has 0 atom stereocenters. The standard InChI is InChI=1S/C12H8BrF2NO3/c13-10-5-4-9(19-10)11(17)16-7-2-1-3-8(6-7)18-12(14)15/h1-6,12H,(H,16,17). The van der Waals surface area contributed by atoms with E-state index in [-0.39, 0.29) is 11.5 Å². The third-order valence-electron chi connectivity index (χ3n) is 2.11. The highest BCUT2D eigenvalue weighted by atomic mass is 79.9. The Morgan fingerprint density at radius 1 is 1.32 bits per heavy atom. The molecule has 1 aromatic carbocycles. The Hall–Kier alpha value is -1.89. The van der Waals surface area contributed by atoms with E-state index in [1.165, 1.54) is 24.3 Å². The van der Waals surface area contributed by atoms with Crippen molar-refractivity contribution >= 4 is 27.5 Å². The number of benzene rings is 1. The topological polar surface area (TPSA) is 51.5 Å². The lowest BCUT2D eigenvalue weighted by Gasteiger charge is -2.07. The average Bonchev–Trinajstić information content (AvgIpc) is 2.75. The van der Waals surface area contributed by atoms with E-state index in [0.29, 0.717) is 10.4 Å². The second-order valence-electron chi connectivity index (χ2n) is 3.46. The first-order chi connectivity index (χ1) is 9.04. The van der Waals surface area contributed by atoms with Crippen LogP contribution in [-0.2, 0) is 0 Å². The average molecular weight is 332 g/mol. The Labute approximate surface area is 115 Å². The fourth-order valence-corrected chi connectivity index (χ4v) is 1.69. The zero-order valence-corrected chi connectivity index (χ0v) is 11.0. The molecule has 0 saturated heterocycles. The van der Waals surface area contributed by atoms with Crippen LogP contribution in [0.25, 0.3) is 0 Å². The van der Waals surface area contributed by atoms with Gasteiger partial charge in [0.15, 0.2) is 10.4 Å². The van der Waals surface area contributed by atoms with E-state index in [9.17, 15) is 13.6 Å². The van der Waals surface area contributed by atoms with Crippen LogP contribution in [0.2, 0.25) is 0 Å². The number of hydrogen-bond donors (Lipinski definition) is 1. The summed E-state index contributed by atoms with van der Waals surface area (Å²) in [6.45, 7) is -2.91. The summed E-state index contributed by atoms with van der Waals surface area (Å²) < 4.78 is 33.8. The van der Waals surface area contributed by atoms with E-state index >= 15 is 0 Å². The summed E-state index contributed by atoms with van der Waals surface area (Å²) in [5, 5.41) is 2.51. The number of alkyl halides is 2. The minimum absolute atomic E-state index is 0.0339. The normalized spacial score (nSPS) is 10.5. The second kappa shape index (κ2) is 5.83. The van der Waals surface area contributed by atoms with Gasteiger partial charge in [-0.3, -0.25) is 4.79 Å². The zero-order chi connectivity index (χ0) is 13.8. The molecule has 0 fully saturated rings. The van der Waals surface area contributed by atoms with Gasteiger partial charge >= 0.3 is 6.61 Å². The van der Waals surface area contributed by atoms with Crippen molar-refractivity contribution in [2.45, 2.75) is 6.61 Å². The molecule has 0 aliphatic heterocycles. The van der Waals surface area contributed by atoms with Crippen LogP contribution in [0, 0.1) is 0 Å². The van der Waals surface area contributed by atoms with Crippen molar-refractivity contribution in [2.75, 3.05) is 5.32 Å². The van der Waals surface area contributed by atoms with Crippen molar-refractivity contribution in [1.29, 1.82) is 0 Å². The van der Waals surface area contributed by atoms with E-state index in [4.69, 9.17) is 4.42 Å². The fourth-order valence-electron chi connectivity index (χ4n) is 1.38. The molecule has 0 aliphatic carbocycles. The van der Waals surface area contributed by atoms with Gasteiger partial charge in [0, 0.05) is 11.8 Å². The highest BCUT2D eigenvalue weighted by Crippen LogP contribution is 2.21. The molecule has 1 aromatic heterocycles. The number of anilines is 1. The predicted molar refractivity (Wildman–Crippen MR) is 67.4 cm³/mol. The highest BCUT2D eigenvalue weighted by Gasteiger charge is 2.11. The van der Waals surface area contributed by atoms with Crippen molar-refractivity contribution in [3.05, 3.63) is 46.8 Å². The molecule has 0 aliphatic rings. The number of carbonyl (C=O) groups excluding carboxylic acids is 1. The van der Waals surface area contributed by atoms with Crippen molar-refractivity contribution in [3.63, 3.8) is 0 Å². The number of nitrogens with one attached hydrogen (secondary N) is 1. The number of halogens is 3. The maximum Gasteiger partial charge on any atom is 0.387 e. The molecule has 0 radical (unpaired) electrons. The second-order valence-corrected chi connectivity index (χ2v) is 4.25. The molecule has 1 N–H and O–H groups in total. The van der Waals surface area contributed by atoms with Crippen LogP contribution in [-0.4, -0.2) is 12.5 Å². The summed E-state index contributed by atoms with van der Waals surface area (Å²) in [4.78, 5) is 11.7. The van der Waals surface area contributed by atoms with E-state index in [2.05, 4.69) is 26.0 Å². The Bertz CT molecular complexity index is 586. The van der Waals surface area contributed by atoms with Gasteiger partial charge in [0.05, 0.1) is 0 Å². The van der Waals surface area contributed by atoms with Crippen LogP contribution in [0.3, 0.4) is 0 Å². The fraction of sp³-hybridized carbons (Fsp3) is 0.0833. The zero-order valence-electron chi connectivity index (χ0n) is 9.40. The lowest BCUT2D eigenvalue weighted by molar-refractivity contribution is -0.0497. The maximum atomic E-state index is 12.1. The number of amides is 1. The summed E-state index contributed by atoms with van der Waals surface area (Å²) in [6, 6.07) is 8.76. The molecule has 4 nitrogen and oxygen atoms in total. The molecule has 1 heterocycles. The van der Waals surface area contributed by atoms with Crippen LogP contribution < -0.4 is 10.1 Å². The van der Waals surface area contributed by atoms with Crippen molar-refractivity contribution in [2.24, 2.45) is 0 Å². The van der Waals surface area contributed by atoms with Gasteiger partial charge in [-0.15, -0.1) is 0 Å². The number of carbonyl (C=O) groups is 1. The predicted octanol–water partition coefficient (Wildman–Crippen LogP) is 3.90. The van der Waals surface area contributed by atoms with Gasteiger partial charge < -0.3 is 14.5 Å². The summed E-state index contributed by atoms with van der Waals surface area (Å²) >= 11 is 3.07. The van der Waals surface area contributed by atoms with Crippen molar-refractivity contribution in [1.82, 2.24) is 0 Å². The smallest absolute Gasteiger partial charge is 0.387 e. The largest absolute Gasteiger partial charge is 0.444 e. The van der Waals surface area contributed by atoms with E-state index in [0.717, 1.165) is 0 Å². The Morgan fingerprint density at radius 3 is 2.74 bits per heavy atom. The molecule has 1 amide bonds. The lowest BCUT2D eigenvalue weighted by Crippen LogP contribution is -2.11. The lowest BCUT2D eigenvalue weighted by atomic mass is 10.3. The maximum absolute atomic E-state index is 12.1. The quantitative estimate of drug-likeness (QED) is 0.924. The van der Waals surface area contributed by atoms with Crippen molar-refractivity contribution in [3.8, 4) is 5.75 Å². The minimum atomic E-state index is -2.91. The van der Waals surface area contributed by atoms with Crippen LogP contribution in [0.1, 0.15) is 10.6 Å². The first kappa shape index (κ1) is 13.5. The third kappa shape index (κ3) is 3.78. The number of furan rings is 1. The summed E-state index contributed by atoms with van der Waals surface area (Å²) in [7, 11) is 0. The van der Waals surface area contributed by atoms with Gasteiger partial charge in [0.25, 0.3) is 5.91 Å². The molecule has 19 heavy (non-hydrogen) atoms. The molecule has 0 bridgehead atoms. The van der Waals surface area contributed by atoms with Gasteiger partial charge in [0.2, 0.25) is 0 Å². The summed E-state index contributed by atoms with van der Waals surface area (Å²) in [5.41, 5.74) is 0.329. The van der Waals surface area contributed by atoms with Gasteiger partial charge in [-0.1, -0.05) is 6.07 Å². The van der Waals surface area contributed by atoms with Gasteiger partial charge in [-0.05, 0) is 40.2 Å². The molecular weight excluding hydrogens is 324 g/mol. The summed E-state index contributed by atoms with van der Waals surface area (Å²) in [5.74, 6) is -0.416. The van der Waals surface area contributed by atoms with Crippen LogP contribution in [0.15, 0.2) is 45.5 Å². The Kier molecular flexibility index (Phi) is 4.16. The molecular formula is C12H8BrF2NO3. The van der Waals surface area contributed by atoms with Crippen molar-refractivity contribution < 1.29 is 22.7 Å².